The maximum Gasteiger partial charge on any atom is 0.252 e. The van der Waals surface area contributed by atoms with Gasteiger partial charge in [-0.1, -0.05) is 25.1 Å². The van der Waals surface area contributed by atoms with Gasteiger partial charge < -0.3 is 14.5 Å². The maximum atomic E-state index is 5.83. The highest BCUT2D eigenvalue weighted by Crippen LogP contribution is 2.27. The third-order valence-electron chi connectivity index (χ3n) is 4.06. The Balaban J connectivity index is 1.49. The molecule has 1 N–H and O–H groups in total. The van der Waals surface area contributed by atoms with E-state index in [-0.39, 0.29) is 0 Å². The molecule has 1 unspecified atom stereocenters. The normalized spacial score (nSPS) is 16.8. The Morgan fingerprint density at radius 2 is 2.17 bits per heavy atom. The lowest BCUT2D eigenvalue weighted by Crippen LogP contribution is -2.27. The number of benzene rings is 1. The first-order chi connectivity index (χ1) is 11.3. The van der Waals surface area contributed by atoms with Crippen LogP contribution in [0.5, 0.6) is 5.75 Å². The molecule has 0 radical (unpaired) electrons. The van der Waals surface area contributed by atoms with Crippen LogP contribution in [0.4, 0.5) is 5.82 Å². The molecule has 0 fully saturated rings. The quantitative estimate of drug-likeness (QED) is 0.799. The molecule has 1 aromatic carbocycles. The number of aryl methyl sites for hydroxylation is 1. The van der Waals surface area contributed by atoms with Gasteiger partial charge in [-0.3, -0.25) is 0 Å². The van der Waals surface area contributed by atoms with Gasteiger partial charge in [0.2, 0.25) is 0 Å². The summed E-state index contributed by atoms with van der Waals surface area (Å²) in [6, 6.07) is 8.20. The molecule has 1 aliphatic rings. The number of rotatable bonds is 4. The first-order valence-electron chi connectivity index (χ1n) is 7.88. The second kappa shape index (κ2) is 5.87. The Morgan fingerprint density at radius 3 is 3.09 bits per heavy atom. The van der Waals surface area contributed by atoms with E-state index in [1.54, 1.807) is 0 Å². The molecule has 0 bridgehead atoms. The van der Waals surface area contributed by atoms with Crippen molar-refractivity contribution >= 4 is 17.0 Å². The second-order valence-corrected chi connectivity index (χ2v) is 5.71. The molecule has 3 heterocycles. The van der Waals surface area contributed by atoms with E-state index in [4.69, 9.17) is 9.15 Å². The number of ether oxygens (including phenoxy) is 1. The highest BCUT2D eigenvalue weighted by atomic mass is 16.5. The Labute approximate surface area is 133 Å². The fraction of sp³-hybridized carbons (Fsp3) is 0.353. The van der Waals surface area contributed by atoms with Crippen molar-refractivity contribution in [3.8, 4) is 5.75 Å². The standard InChI is InChI=1S/C17H18N4O2/c1-2-14-21-15-16(19-10-20-17(15)23-14)18-8-11-7-12-5-3-4-6-13(12)22-9-11/h3-6,10-11H,2,7-9H2,1H3,(H,18,19,20). The van der Waals surface area contributed by atoms with Gasteiger partial charge >= 0.3 is 0 Å². The van der Waals surface area contributed by atoms with Gasteiger partial charge in [-0.05, 0) is 18.1 Å². The molecular formula is C17H18N4O2. The van der Waals surface area contributed by atoms with Gasteiger partial charge in [0.1, 0.15) is 12.1 Å². The predicted molar refractivity (Wildman–Crippen MR) is 86.6 cm³/mol. The fourth-order valence-corrected chi connectivity index (χ4v) is 2.84. The molecule has 1 atom stereocenters. The van der Waals surface area contributed by atoms with Crippen LogP contribution < -0.4 is 10.1 Å². The van der Waals surface area contributed by atoms with Gasteiger partial charge in [-0.15, -0.1) is 0 Å². The molecule has 0 saturated carbocycles. The zero-order valence-corrected chi connectivity index (χ0v) is 13.0. The first-order valence-corrected chi connectivity index (χ1v) is 7.88. The average molecular weight is 310 g/mol. The molecule has 6 heteroatoms. The number of oxazole rings is 1. The largest absolute Gasteiger partial charge is 0.493 e. The molecular weight excluding hydrogens is 292 g/mol. The van der Waals surface area contributed by atoms with Crippen molar-refractivity contribution in [2.45, 2.75) is 19.8 Å². The van der Waals surface area contributed by atoms with Crippen LogP contribution in [0.25, 0.3) is 11.2 Å². The van der Waals surface area contributed by atoms with Crippen molar-refractivity contribution in [1.29, 1.82) is 0 Å². The van der Waals surface area contributed by atoms with Crippen molar-refractivity contribution in [1.82, 2.24) is 15.0 Å². The van der Waals surface area contributed by atoms with Crippen LogP contribution in [0.15, 0.2) is 35.0 Å². The summed E-state index contributed by atoms with van der Waals surface area (Å²) in [5.41, 5.74) is 2.49. The minimum absolute atomic E-state index is 0.396. The number of nitrogens with one attached hydrogen (secondary N) is 1. The first kappa shape index (κ1) is 14.0. The topological polar surface area (TPSA) is 73.1 Å². The number of aromatic nitrogens is 3. The van der Waals surface area contributed by atoms with Crippen molar-refractivity contribution in [2.24, 2.45) is 5.92 Å². The molecule has 0 saturated heterocycles. The highest BCUT2D eigenvalue weighted by molar-refractivity contribution is 5.80. The number of para-hydroxylation sites is 1. The molecule has 0 spiro atoms. The van der Waals surface area contributed by atoms with E-state index in [9.17, 15) is 0 Å². The van der Waals surface area contributed by atoms with Crippen molar-refractivity contribution < 1.29 is 9.15 Å². The molecule has 2 aromatic heterocycles. The summed E-state index contributed by atoms with van der Waals surface area (Å²) in [7, 11) is 0. The van der Waals surface area contributed by atoms with Gasteiger partial charge in [0.05, 0.1) is 6.61 Å². The Bertz CT molecular complexity index is 830. The van der Waals surface area contributed by atoms with Gasteiger partial charge in [0.25, 0.3) is 5.71 Å². The lowest BCUT2D eigenvalue weighted by molar-refractivity contribution is 0.229. The number of hydrogen-bond acceptors (Lipinski definition) is 6. The minimum atomic E-state index is 0.396. The van der Waals surface area contributed by atoms with E-state index in [0.717, 1.165) is 31.0 Å². The van der Waals surface area contributed by atoms with Crippen molar-refractivity contribution in [3.63, 3.8) is 0 Å². The van der Waals surface area contributed by atoms with Crippen LogP contribution in [0, 0.1) is 5.92 Å². The zero-order valence-electron chi connectivity index (χ0n) is 13.0. The van der Waals surface area contributed by atoms with Crippen LogP contribution in [-0.2, 0) is 12.8 Å². The molecule has 3 aromatic rings. The summed E-state index contributed by atoms with van der Waals surface area (Å²) in [5, 5.41) is 3.37. The summed E-state index contributed by atoms with van der Waals surface area (Å²) < 4.78 is 11.4. The molecule has 6 nitrogen and oxygen atoms in total. The minimum Gasteiger partial charge on any atom is -0.493 e. The van der Waals surface area contributed by atoms with Crippen LogP contribution >= 0.6 is 0 Å². The third-order valence-corrected chi connectivity index (χ3v) is 4.06. The monoisotopic (exact) mass is 310 g/mol. The van der Waals surface area contributed by atoms with Crippen LogP contribution in [-0.4, -0.2) is 28.1 Å². The van der Waals surface area contributed by atoms with Gasteiger partial charge in [0.15, 0.2) is 17.2 Å². The van der Waals surface area contributed by atoms with Gasteiger partial charge in [0, 0.05) is 18.9 Å². The van der Waals surface area contributed by atoms with Gasteiger partial charge in [-0.2, -0.15) is 4.98 Å². The SMILES string of the molecule is CCc1nc2c(NCC3COc4ccccc4C3)ncnc2o1. The predicted octanol–water partition coefficient (Wildman–Crippen LogP) is 2.84. The highest BCUT2D eigenvalue weighted by Gasteiger charge is 2.20. The summed E-state index contributed by atoms with van der Waals surface area (Å²) >= 11 is 0. The third kappa shape index (κ3) is 2.72. The van der Waals surface area contributed by atoms with E-state index >= 15 is 0 Å². The number of fused-ring (bicyclic) bond motifs is 2. The second-order valence-electron chi connectivity index (χ2n) is 5.71. The van der Waals surface area contributed by atoms with Crippen molar-refractivity contribution in [3.05, 3.63) is 42.0 Å². The summed E-state index contributed by atoms with van der Waals surface area (Å²) in [5.74, 6) is 2.79. The fourth-order valence-electron chi connectivity index (χ4n) is 2.84. The van der Waals surface area contributed by atoms with Crippen LogP contribution in [0.3, 0.4) is 0 Å². The van der Waals surface area contributed by atoms with Crippen LogP contribution in [0.2, 0.25) is 0 Å². The van der Waals surface area contributed by atoms with E-state index in [1.165, 1.54) is 11.9 Å². The van der Waals surface area contributed by atoms with E-state index < -0.39 is 0 Å². The molecule has 0 amide bonds. The molecule has 118 valence electrons. The van der Waals surface area contributed by atoms with E-state index in [0.29, 0.717) is 29.6 Å². The summed E-state index contributed by atoms with van der Waals surface area (Å²) in [6.45, 7) is 3.48. The average Bonchev–Trinajstić information content (AvgIpc) is 3.03. The van der Waals surface area contributed by atoms with Gasteiger partial charge in [-0.25, -0.2) is 9.97 Å². The maximum absolute atomic E-state index is 5.83. The smallest absolute Gasteiger partial charge is 0.252 e. The Hall–Kier alpha value is -2.63. The number of hydrogen-bond donors (Lipinski definition) is 1. The van der Waals surface area contributed by atoms with Crippen LogP contribution in [0.1, 0.15) is 18.4 Å². The number of anilines is 1. The molecule has 0 aliphatic carbocycles. The zero-order chi connectivity index (χ0) is 15.6. The Morgan fingerprint density at radius 1 is 1.26 bits per heavy atom. The summed E-state index contributed by atoms with van der Waals surface area (Å²) in [4.78, 5) is 12.9. The number of nitrogens with zero attached hydrogens (tertiary/aromatic N) is 3. The van der Waals surface area contributed by atoms with E-state index in [1.807, 2.05) is 25.1 Å². The molecule has 4 rings (SSSR count). The summed E-state index contributed by atoms with van der Waals surface area (Å²) in [6.07, 6.45) is 3.24. The lowest BCUT2D eigenvalue weighted by atomic mass is 9.97. The molecule has 23 heavy (non-hydrogen) atoms. The lowest BCUT2D eigenvalue weighted by Gasteiger charge is -2.25. The van der Waals surface area contributed by atoms with Crippen molar-refractivity contribution in [2.75, 3.05) is 18.5 Å². The Kier molecular flexibility index (Phi) is 3.57. The van der Waals surface area contributed by atoms with E-state index in [2.05, 4.69) is 26.3 Å². The molecule has 1 aliphatic heterocycles.